The molecular formula is C10H32Si4. The molecule has 0 aromatic rings. The molecule has 0 bridgehead atoms. The van der Waals surface area contributed by atoms with E-state index in [-0.39, 0.29) is 0 Å². The van der Waals surface area contributed by atoms with E-state index in [0.717, 1.165) is 0 Å². The Hall–Kier alpha value is 0.868. The number of hydrogen-bond acceptors (Lipinski definition) is 0. The lowest BCUT2D eigenvalue weighted by Crippen LogP contribution is -2.49. The van der Waals surface area contributed by atoms with Crippen LogP contribution in [-0.4, -0.2) is 34.2 Å². The largest absolute Gasteiger partial charge is 0.0748 e. The Labute approximate surface area is 98.7 Å². The summed E-state index contributed by atoms with van der Waals surface area (Å²) in [5, 5.41) is 0. The molecule has 0 unspecified atom stereocenters. The first-order chi connectivity index (χ1) is 6.16. The van der Waals surface area contributed by atoms with Gasteiger partial charge in [0.05, 0.1) is 0 Å². The van der Waals surface area contributed by atoms with Crippen molar-refractivity contribution in [2.75, 3.05) is 0 Å². The van der Waals surface area contributed by atoms with Crippen molar-refractivity contribution in [1.82, 2.24) is 0 Å². The highest BCUT2D eigenvalue weighted by molar-refractivity contribution is 7.39. The fourth-order valence-electron chi connectivity index (χ4n) is 0.500. The smallest absolute Gasteiger partial charge is 0.0379 e. The quantitative estimate of drug-likeness (QED) is 0.541. The lowest BCUT2D eigenvalue weighted by molar-refractivity contribution is 1.41. The zero-order valence-corrected chi connectivity index (χ0v) is 16.7. The van der Waals surface area contributed by atoms with E-state index in [4.69, 9.17) is 0 Å². The van der Waals surface area contributed by atoms with Crippen LogP contribution in [0.25, 0.3) is 0 Å². The topological polar surface area (TPSA) is 0 Å². The maximum absolute atomic E-state index is 2.47. The van der Waals surface area contributed by atoms with Crippen LogP contribution in [-0.2, 0) is 0 Å². The molecule has 0 heterocycles. The molecule has 0 fully saturated rings. The third kappa shape index (κ3) is 10.9. The highest BCUT2D eigenvalue weighted by Crippen LogP contribution is 2.16. The van der Waals surface area contributed by atoms with Crippen LogP contribution in [0.3, 0.4) is 0 Å². The predicted molar refractivity (Wildman–Crippen MR) is 85.1 cm³/mol. The van der Waals surface area contributed by atoms with E-state index in [1.165, 1.54) is 0 Å². The van der Waals surface area contributed by atoms with E-state index < -0.39 is 15.2 Å². The molecule has 0 saturated carbocycles. The molecule has 0 aromatic carbocycles. The monoisotopic (exact) mass is 264 g/mol. The van der Waals surface area contributed by atoms with Gasteiger partial charge >= 0.3 is 0 Å². The third-order valence-corrected chi connectivity index (χ3v) is 24.6. The summed E-state index contributed by atoms with van der Waals surface area (Å²) in [5.41, 5.74) is 0. The SMILES string of the molecule is C[SiH2]CC[SiH2]C.C[Si](C)(C)[Si](C)(C)C. The first-order valence-corrected chi connectivity index (χ1v) is 19.0. The molecule has 0 spiro atoms. The van der Waals surface area contributed by atoms with E-state index in [0.29, 0.717) is 19.0 Å². The Balaban J connectivity index is 0. The van der Waals surface area contributed by atoms with Crippen molar-refractivity contribution >= 4 is 34.2 Å². The van der Waals surface area contributed by atoms with Gasteiger partial charge in [-0.3, -0.25) is 0 Å². The Morgan fingerprint density at radius 1 is 0.643 bits per heavy atom. The molecular weight excluding hydrogens is 232 g/mol. The fourth-order valence-corrected chi connectivity index (χ4v) is 4.50. The van der Waals surface area contributed by atoms with Gasteiger partial charge in [-0.2, -0.15) is 0 Å². The van der Waals surface area contributed by atoms with Gasteiger partial charge in [0, 0.05) is 34.2 Å². The summed E-state index contributed by atoms with van der Waals surface area (Å²) in [4.78, 5) is 0. The van der Waals surface area contributed by atoms with Crippen LogP contribution in [0, 0.1) is 0 Å². The van der Waals surface area contributed by atoms with Crippen LogP contribution in [0.1, 0.15) is 0 Å². The van der Waals surface area contributed by atoms with Gasteiger partial charge in [0.15, 0.2) is 0 Å². The Morgan fingerprint density at radius 2 is 0.857 bits per heavy atom. The normalized spacial score (nSPS) is 13.7. The van der Waals surface area contributed by atoms with Gasteiger partial charge in [0.1, 0.15) is 0 Å². The molecule has 0 atom stereocenters. The van der Waals surface area contributed by atoms with Gasteiger partial charge in [-0.1, -0.05) is 64.5 Å². The second-order valence-electron chi connectivity index (χ2n) is 6.21. The maximum atomic E-state index is 2.47. The Kier molecular flexibility index (Phi) is 9.95. The molecule has 14 heavy (non-hydrogen) atoms. The van der Waals surface area contributed by atoms with Gasteiger partial charge in [-0.15, -0.1) is 0 Å². The minimum absolute atomic E-state index is 0.438. The van der Waals surface area contributed by atoms with Crippen LogP contribution in [0.4, 0.5) is 0 Å². The number of hydrogen-bond donors (Lipinski definition) is 0. The lowest BCUT2D eigenvalue weighted by atomic mass is 10.9. The van der Waals surface area contributed by atoms with Gasteiger partial charge in [-0.25, -0.2) is 0 Å². The van der Waals surface area contributed by atoms with E-state index in [1.807, 2.05) is 0 Å². The van der Waals surface area contributed by atoms with Crippen LogP contribution >= 0.6 is 0 Å². The zero-order valence-electron chi connectivity index (χ0n) is 11.8. The average molecular weight is 265 g/mol. The average Bonchev–Trinajstić information content (AvgIpc) is 1.98. The van der Waals surface area contributed by atoms with Crippen molar-refractivity contribution in [1.29, 1.82) is 0 Å². The summed E-state index contributed by atoms with van der Waals surface area (Å²) in [6, 6.07) is 3.23. The van der Waals surface area contributed by atoms with Crippen LogP contribution in [0.2, 0.25) is 64.5 Å². The molecule has 88 valence electrons. The summed E-state index contributed by atoms with van der Waals surface area (Å²) < 4.78 is 0. The van der Waals surface area contributed by atoms with Crippen molar-refractivity contribution in [3.8, 4) is 0 Å². The van der Waals surface area contributed by atoms with Crippen LogP contribution < -0.4 is 0 Å². The predicted octanol–water partition coefficient (Wildman–Crippen LogP) is 3.00. The Morgan fingerprint density at radius 3 is 0.929 bits per heavy atom. The van der Waals surface area contributed by atoms with E-state index in [1.54, 1.807) is 12.1 Å². The molecule has 0 radical (unpaired) electrons. The molecule has 0 N–H and O–H groups in total. The van der Waals surface area contributed by atoms with E-state index in [9.17, 15) is 0 Å². The summed E-state index contributed by atoms with van der Waals surface area (Å²) in [6.45, 7) is 19.6. The first-order valence-electron chi connectivity index (χ1n) is 6.16. The molecule has 0 aromatic heterocycles. The molecule has 0 aliphatic heterocycles. The first kappa shape index (κ1) is 17.3. The molecule has 0 saturated heterocycles. The molecule has 0 aliphatic carbocycles. The highest BCUT2D eigenvalue weighted by atomic mass is 29.3. The van der Waals surface area contributed by atoms with Gasteiger partial charge in [0.25, 0.3) is 0 Å². The van der Waals surface area contributed by atoms with Crippen LogP contribution in [0.5, 0.6) is 0 Å². The summed E-state index contributed by atoms with van der Waals surface area (Å²) in [6.07, 6.45) is 0. The number of rotatable bonds is 4. The molecule has 4 heteroatoms. The van der Waals surface area contributed by atoms with Crippen molar-refractivity contribution in [2.45, 2.75) is 64.5 Å². The van der Waals surface area contributed by atoms with E-state index >= 15 is 0 Å². The van der Waals surface area contributed by atoms with E-state index in [2.05, 4.69) is 52.4 Å². The van der Waals surface area contributed by atoms with Crippen molar-refractivity contribution < 1.29 is 0 Å². The zero-order chi connectivity index (χ0) is 11.8. The summed E-state index contributed by atoms with van der Waals surface area (Å²) in [5.74, 6) is 0. The summed E-state index contributed by atoms with van der Waals surface area (Å²) in [7, 11) is -0.564. The highest BCUT2D eigenvalue weighted by Gasteiger charge is 2.31. The second-order valence-corrected chi connectivity index (χ2v) is 27.6. The standard InChI is InChI=1S/C6H18Si2.C4H14Si2/c1-7(2,3)8(4,5)6;1-5-3-4-6-2/h1-6H3;3-6H2,1-2H3. The van der Waals surface area contributed by atoms with Crippen molar-refractivity contribution in [3.05, 3.63) is 0 Å². The lowest BCUT2D eigenvalue weighted by Gasteiger charge is -2.30. The minimum Gasteiger partial charge on any atom is -0.0748 e. The molecule has 0 rings (SSSR count). The van der Waals surface area contributed by atoms with Gasteiger partial charge in [-0.05, 0) is 0 Å². The minimum atomic E-state index is -0.720. The molecule has 0 aliphatic rings. The second kappa shape index (κ2) is 8.07. The fraction of sp³-hybridized carbons (Fsp3) is 1.00. The van der Waals surface area contributed by atoms with Gasteiger partial charge in [0.2, 0.25) is 0 Å². The summed E-state index contributed by atoms with van der Waals surface area (Å²) >= 11 is 0. The van der Waals surface area contributed by atoms with Crippen LogP contribution in [0.15, 0.2) is 0 Å². The molecule has 0 amide bonds. The van der Waals surface area contributed by atoms with Crippen molar-refractivity contribution in [3.63, 3.8) is 0 Å². The Bertz CT molecular complexity index is 105. The third-order valence-electron chi connectivity index (χ3n) is 3.21. The van der Waals surface area contributed by atoms with Crippen molar-refractivity contribution in [2.24, 2.45) is 0 Å². The maximum Gasteiger partial charge on any atom is 0.0379 e. The molecule has 0 nitrogen and oxygen atoms in total. The van der Waals surface area contributed by atoms with Gasteiger partial charge < -0.3 is 0 Å².